The smallest absolute Gasteiger partial charge is 0.00107 e. The molecule has 1 nitrogen and oxygen atoms in total. The molecule has 3 fully saturated rings. The van der Waals surface area contributed by atoms with Gasteiger partial charge in [0.15, 0.2) is 0 Å². The zero-order valence-electron chi connectivity index (χ0n) is 12.2. The van der Waals surface area contributed by atoms with E-state index < -0.39 is 0 Å². The Morgan fingerprint density at radius 3 is 2.28 bits per heavy atom. The number of hydrogen-bond donors (Lipinski definition) is 1. The maximum Gasteiger partial charge on any atom is 0.00107 e. The molecule has 2 atom stereocenters. The van der Waals surface area contributed by atoms with Crippen molar-refractivity contribution in [2.24, 2.45) is 23.2 Å². The van der Waals surface area contributed by atoms with Crippen molar-refractivity contribution >= 4 is 0 Å². The second kappa shape index (κ2) is 5.53. The van der Waals surface area contributed by atoms with Crippen molar-refractivity contribution in [2.75, 3.05) is 13.1 Å². The molecule has 104 valence electrons. The van der Waals surface area contributed by atoms with Crippen molar-refractivity contribution in [1.29, 1.82) is 0 Å². The Balaban J connectivity index is 1.64. The van der Waals surface area contributed by atoms with Crippen LogP contribution in [0.15, 0.2) is 0 Å². The summed E-state index contributed by atoms with van der Waals surface area (Å²) in [5.74, 6) is 3.32. The second-order valence-electron chi connectivity index (χ2n) is 7.39. The molecule has 1 N–H and O–H groups in total. The van der Waals surface area contributed by atoms with E-state index in [-0.39, 0.29) is 0 Å². The molecular weight excluding hydrogens is 218 g/mol. The molecule has 0 bridgehead atoms. The summed E-state index contributed by atoms with van der Waals surface area (Å²) in [6.45, 7) is 4.85. The van der Waals surface area contributed by atoms with Crippen LogP contribution in [0, 0.1) is 23.2 Å². The average molecular weight is 249 g/mol. The van der Waals surface area contributed by atoms with Crippen LogP contribution in [0.25, 0.3) is 0 Å². The van der Waals surface area contributed by atoms with Crippen molar-refractivity contribution < 1.29 is 0 Å². The highest BCUT2D eigenvalue weighted by atomic mass is 14.9. The number of rotatable bonds is 5. The molecule has 0 spiro atoms. The molecular formula is C17H31N. The van der Waals surface area contributed by atoms with E-state index in [0.717, 1.165) is 17.8 Å². The highest BCUT2D eigenvalue weighted by Gasteiger charge is 2.55. The molecule has 0 aromatic carbocycles. The molecule has 18 heavy (non-hydrogen) atoms. The minimum atomic E-state index is 0.715. The highest BCUT2D eigenvalue weighted by molar-refractivity contribution is 5.06. The van der Waals surface area contributed by atoms with E-state index in [0.29, 0.717) is 5.41 Å². The number of hydrogen-bond acceptors (Lipinski definition) is 1. The summed E-state index contributed by atoms with van der Waals surface area (Å²) in [4.78, 5) is 0. The van der Waals surface area contributed by atoms with Gasteiger partial charge in [0, 0.05) is 6.54 Å². The van der Waals surface area contributed by atoms with Crippen molar-refractivity contribution in [3.8, 4) is 0 Å². The SMILES string of the molecule is CCCNCC1(C2CCCCCC2)CC2CC2C1. The van der Waals surface area contributed by atoms with Crippen molar-refractivity contribution in [3.63, 3.8) is 0 Å². The fourth-order valence-corrected chi connectivity index (χ4v) is 4.97. The number of nitrogens with one attached hydrogen (secondary N) is 1. The molecule has 0 radical (unpaired) electrons. The van der Waals surface area contributed by atoms with Crippen molar-refractivity contribution in [2.45, 2.75) is 71.1 Å². The summed E-state index contributed by atoms with van der Waals surface area (Å²) in [5.41, 5.74) is 0.715. The first-order valence-corrected chi connectivity index (χ1v) is 8.55. The minimum Gasteiger partial charge on any atom is -0.316 e. The van der Waals surface area contributed by atoms with Crippen molar-refractivity contribution in [3.05, 3.63) is 0 Å². The van der Waals surface area contributed by atoms with E-state index in [9.17, 15) is 0 Å². The predicted octanol–water partition coefficient (Wildman–Crippen LogP) is 4.37. The Morgan fingerprint density at radius 1 is 1.00 bits per heavy atom. The normalized spacial score (nSPS) is 40.5. The summed E-state index contributed by atoms with van der Waals surface area (Å²) in [6, 6.07) is 0. The molecule has 0 heterocycles. The fraction of sp³-hybridized carbons (Fsp3) is 1.00. The molecule has 0 amide bonds. The summed E-state index contributed by atoms with van der Waals surface area (Å²) in [5, 5.41) is 3.78. The first-order valence-electron chi connectivity index (χ1n) is 8.55. The third kappa shape index (κ3) is 2.61. The third-order valence-corrected chi connectivity index (χ3v) is 6.03. The van der Waals surface area contributed by atoms with Crippen LogP contribution >= 0.6 is 0 Å². The molecule has 0 saturated heterocycles. The monoisotopic (exact) mass is 249 g/mol. The van der Waals surface area contributed by atoms with Gasteiger partial charge in [-0.15, -0.1) is 0 Å². The van der Waals surface area contributed by atoms with Gasteiger partial charge in [0.1, 0.15) is 0 Å². The Labute approximate surface area is 113 Å². The van der Waals surface area contributed by atoms with E-state index in [2.05, 4.69) is 12.2 Å². The van der Waals surface area contributed by atoms with Crippen LogP contribution in [0.3, 0.4) is 0 Å². The molecule has 1 heteroatoms. The van der Waals surface area contributed by atoms with Gasteiger partial charge in [-0.2, -0.15) is 0 Å². The zero-order chi connectivity index (χ0) is 12.4. The van der Waals surface area contributed by atoms with E-state index in [4.69, 9.17) is 0 Å². The van der Waals surface area contributed by atoms with Gasteiger partial charge in [0.2, 0.25) is 0 Å². The van der Waals surface area contributed by atoms with Crippen LogP contribution in [0.2, 0.25) is 0 Å². The maximum absolute atomic E-state index is 3.78. The van der Waals surface area contributed by atoms with Gasteiger partial charge in [-0.05, 0) is 68.2 Å². The summed E-state index contributed by atoms with van der Waals surface area (Å²) >= 11 is 0. The molecule has 3 saturated carbocycles. The maximum atomic E-state index is 3.78. The van der Waals surface area contributed by atoms with Crippen LogP contribution in [0.4, 0.5) is 0 Å². The van der Waals surface area contributed by atoms with Crippen LogP contribution in [0.5, 0.6) is 0 Å². The van der Waals surface area contributed by atoms with Crippen LogP contribution in [-0.4, -0.2) is 13.1 Å². The lowest BCUT2D eigenvalue weighted by molar-refractivity contribution is 0.125. The molecule has 0 aromatic rings. The van der Waals surface area contributed by atoms with Gasteiger partial charge in [-0.3, -0.25) is 0 Å². The average Bonchev–Trinajstić information content (AvgIpc) is 3.08. The van der Waals surface area contributed by atoms with Crippen LogP contribution < -0.4 is 5.32 Å². The lowest BCUT2D eigenvalue weighted by Crippen LogP contribution is -2.39. The van der Waals surface area contributed by atoms with Gasteiger partial charge >= 0.3 is 0 Å². The van der Waals surface area contributed by atoms with Crippen molar-refractivity contribution in [1.82, 2.24) is 5.32 Å². The van der Waals surface area contributed by atoms with Crippen LogP contribution in [0.1, 0.15) is 71.1 Å². The van der Waals surface area contributed by atoms with E-state index in [1.54, 1.807) is 19.3 Å². The first-order chi connectivity index (χ1) is 8.84. The summed E-state index contributed by atoms with van der Waals surface area (Å²) in [6.07, 6.45) is 15.1. The fourth-order valence-electron chi connectivity index (χ4n) is 4.97. The Hall–Kier alpha value is -0.0400. The van der Waals surface area contributed by atoms with Gasteiger partial charge in [-0.1, -0.05) is 32.6 Å². The van der Waals surface area contributed by atoms with Gasteiger partial charge in [-0.25, -0.2) is 0 Å². The Kier molecular flexibility index (Phi) is 3.98. The van der Waals surface area contributed by atoms with E-state index >= 15 is 0 Å². The standard InChI is InChI=1S/C17H31N/c1-2-9-18-13-17(11-14-10-15(14)12-17)16-7-5-3-4-6-8-16/h14-16,18H,2-13H2,1H3. The lowest BCUT2D eigenvalue weighted by atomic mass is 9.68. The highest BCUT2D eigenvalue weighted by Crippen LogP contribution is 2.63. The zero-order valence-corrected chi connectivity index (χ0v) is 12.2. The largest absolute Gasteiger partial charge is 0.316 e. The topological polar surface area (TPSA) is 12.0 Å². The first kappa shape index (κ1) is 13.0. The van der Waals surface area contributed by atoms with E-state index in [1.807, 2.05) is 0 Å². The quantitative estimate of drug-likeness (QED) is 0.563. The van der Waals surface area contributed by atoms with E-state index in [1.165, 1.54) is 58.0 Å². The van der Waals surface area contributed by atoms with Gasteiger partial charge in [0.25, 0.3) is 0 Å². The molecule has 0 aromatic heterocycles. The third-order valence-electron chi connectivity index (χ3n) is 6.03. The predicted molar refractivity (Wildman–Crippen MR) is 77.6 cm³/mol. The minimum absolute atomic E-state index is 0.715. The summed E-state index contributed by atoms with van der Waals surface area (Å²) in [7, 11) is 0. The Morgan fingerprint density at radius 2 is 1.67 bits per heavy atom. The van der Waals surface area contributed by atoms with Gasteiger partial charge < -0.3 is 5.32 Å². The molecule has 2 unspecified atom stereocenters. The lowest BCUT2D eigenvalue weighted by Gasteiger charge is -2.39. The molecule has 3 aliphatic carbocycles. The number of fused-ring (bicyclic) bond motifs is 1. The summed E-state index contributed by atoms with van der Waals surface area (Å²) < 4.78 is 0. The molecule has 3 rings (SSSR count). The molecule has 0 aliphatic heterocycles. The Bertz CT molecular complexity index is 255. The molecule has 3 aliphatic rings. The van der Waals surface area contributed by atoms with Gasteiger partial charge in [0.05, 0.1) is 0 Å². The van der Waals surface area contributed by atoms with Crippen LogP contribution in [-0.2, 0) is 0 Å². The second-order valence-corrected chi connectivity index (χ2v) is 7.39.